The molecule has 0 heterocycles. The van der Waals surface area contributed by atoms with Crippen LogP contribution >= 0.6 is 14.7 Å². The van der Waals surface area contributed by atoms with Crippen molar-refractivity contribution in [2.75, 3.05) is 0 Å². The average molecular weight is 582 g/mol. The van der Waals surface area contributed by atoms with E-state index in [9.17, 15) is 34.6 Å². The molecule has 0 atom stereocenters. The molecule has 4 aromatic carbocycles. The molecular formula is C28H28N2O8P2. The van der Waals surface area contributed by atoms with Gasteiger partial charge in [0.25, 0.3) is 0 Å². The number of hydrogen-bond donors (Lipinski definition) is 2. The predicted molar refractivity (Wildman–Crippen MR) is 156 cm³/mol. The van der Waals surface area contributed by atoms with Crippen molar-refractivity contribution in [1.82, 2.24) is 0 Å². The molecule has 0 unspecified atom stereocenters. The molecule has 0 radical (unpaired) electrons. The fourth-order valence-electron chi connectivity index (χ4n) is 5.63. The Hall–Kier alpha value is -3.78. The van der Waals surface area contributed by atoms with Gasteiger partial charge in [0.05, 0.1) is 0 Å². The van der Waals surface area contributed by atoms with E-state index >= 15 is 0 Å². The van der Waals surface area contributed by atoms with Crippen molar-refractivity contribution in [3.8, 4) is 0 Å². The van der Waals surface area contributed by atoms with Crippen molar-refractivity contribution in [2.24, 2.45) is 0 Å². The Kier molecular flexibility index (Phi) is 7.78. The third kappa shape index (κ3) is 5.08. The monoisotopic (exact) mass is 582 g/mol. The van der Waals surface area contributed by atoms with Crippen LogP contribution in [0.4, 0.5) is 11.4 Å². The van der Waals surface area contributed by atoms with Crippen LogP contribution in [0.15, 0.2) is 91.0 Å². The SMILES string of the molecule is Cc1ccccc1P(Cc1cc([N+](=O)[O-])cc([N+](=O)[O-])c1)(OP(=O)(O)O)(c1ccccc1C)c1ccccc1C. The van der Waals surface area contributed by atoms with E-state index in [1.165, 1.54) is 12.1 Å². The van der Waals surface area contributed by atoms with Crippen LogP contribution in [-0.2, 0) is 15.0 Å². The summed E-state index contributed by atoms with van der Waals surface area (Å²) in [6.45, 7) is 0.545. The second-order valence-corrected chi connectivity index (χ2v) is 15.5. The van der Waals surface area contributed by atoms with E-state index in [1.807, 2.05) is 0 Å². The third-order valence-electron chi connectivity index (χ3n) is 7.03. The van der Waals surface area contributed by atoms with E-state index in [2.05, 4.69) is 0 Å². The Morgan fingerprint density at radius 1 is 0.700 bits per heavy atom. The molecule has 12 heteroatoms. The van der Waals surface area contributed by atoms with Gasteiger partial charge in [-0.1, -0.05) is 0 Å². The van der Waals surface area contributed by atoms with Crippen molar-refractivity contribution in [3.63, 3.8) is 0 Å². The van der Waals surface area contributed by atoms with Crippen LogP contribution in [0, 0.1) is 41.0 Å². The van der Waals surface area contributed by atoms with Gasteiger partial charge in [-0.25, -0.2) is 0 Å². The maximum atomic E-state index is 13.1. The van der Waals surface area contributed by atoms with Gasteiger partial charge in [-0.3, -0.25) is 0 Å². The molecule has 0 aromatic heterocycles. The van der Waals surface area contributed by atoms with E-state index in [4.69, 9.17) is 4.31 Å². The molecule has 0 spiro atoms. The number of hydrogen-bond acceptors (Lipinski definition) is 6. The van der Waals surface area contributed by atoms with Crippen LogP contribution in [0.5, 0.6) is 0 Å². The normalized spacial score (nSPS) is 12.9. The number of nitrogens with zero attached hydrogens (tertiary/aromatic N) is 2. The number of benzene rings is 4. The Balaban J connectivity index is 2.34. The van der Waals surface area contributed by atoms with Gasteiger partial charge in [0, 0.05) is 0 Å². The topological polar surface area (TPSA) is 153 Å². The molecule has 0 aliphatic rings. The van der Waals surface area contributed by atoms with Gasteiger partial charge in [0.15, 0.2) is 0 Å². The fourth-order valence-corrected chi connectivity index (χ4v) is 14.6. The van der Waals surface area contributed by atoms with Crippen LogP contribution in [0.3, 0.4) is 0 Å². The third-order valence-corrected chi connectivity index (χ3v) is 14.9. The first kappa shape index (κ1) is 29.2. The van der Waals surface area contributed by atoms with Crippen LogP contribution in [0.1, 0.15) is 22.3 Å². The number of non-ortho nitro benzene ring substituents is 2. The second-order valence-electron chi connectivity index (χ2n) is 9.67. The number of rotatable bonds is 9. The Labute approximate surface area is 230 Å². The summed E-state index contributed by atoms with van der Waals surface area (Å²) >= 11 is 0. The average Bonchev–Trinajstić information content (AvgIpc) is 2.88. The molecule has 0 saturated heterocycles. The first-order valence-electron chi connectivity index (χ1n) is 12.2. The van der Waals surface area contributed by atoms with E-state index in [0.717, 1.165) is 6.07 Å². The molecule has 0 amide bonds. The van der Waals surface area contributed by atoms with Crippen molar-refractivity contribution in [3.05, 3.63) is 133 Å². The van der Waals surface area contributed by atoms with Gasteiger partial charge in [0.2, 0.25) is 0 Å². The number of aryl methyl sites for hydroxylation is 3. The first-order valence-corrected chi connectivity index (χ1v) is 16.0. The molecule has 0 aliphatic heterocycles. The van der Waals surface area contributed by atoms with Gasteiger partial charge in [0.1, 0.15) is 0 Å². The number of phosphoric acid groups is 1. The first-order chi connectivity index (χ1) is 18.8. The van der Waals surface area contributed by atoms with Gasteiger partial charge >= 0.3 is 231 Å². The van der Waals surface area contributed by atoms with Crippen LogP contribution in [0.25, 0.3) is 0 Å². The van der Waals surface area contributed by atoms with Gasteiger partial charge < -0.3 is 0 Å². The molecule has 4 rings (SSSR count). The molecule has 0 fully saturated rings. The summed E-state index contributed by atoms with van der Waals surface area (Å²) in [5.74, 6) is 0. The zero-order valence-electron chi connectivity index (χ0n) is 22.0. The molecule has 0 aliphatic carbocycles. The summed E-state index contributed by atoms with van der Waals surface area (Å²) in [6, 6.07) is 24.5. The van der Waals surface area contributed by atoms with E-state index in [0.29, 0.717) is 32.6 Å². The molecule has 0 saturated carbocycles. The van der Waals surface area contributed by atoms with Gasteiger partial charge in [-0.2, -0.15) is 0 Å². The van der Waals surface area contributed by atoms with Crippen LogP contribution in [-0.4, -0.2) is 19.6 Å². The molecular weight excluding hydrogens is 554 g/mol. The van der Waals surface area contributed by atoms with Gasteiger partial charge in [-0.15, -0.1) is 0 Å². The molecule has 0 bridgehead atoms. The summed E-state index contributed by atoms with van der Waals surface area (Å²) < 4.78 is 19.4. The maximum absolute atomic E-state index is 13.1. The Morgan fingerprint density at radius 2 is 1.05 bits per heavy atom. The standard InChI is InChI=1S/C28H28N2O8P2/c1-20-10-4-7-13-26(20)40(38-39(35,36)37,27-14-8-5-11-21(27)2,28-15-9-6-12-22(28)3)19-23-16-24(29(31)32)18-25(17-23)30(33)34/h4-18H,19H2,1-3H3,(H2,35,36,37). The molecule has 10 nitrogen and oxygen atoms in total. The van der Waals surface area contributed by atoms with Crippen molar-refractivity contribution >= 4 is 41.9 Å². The van der Waals surface area contributed by atoms with E-state index < -0.39 is 35.9 Å². The van der Waals surface area contributed by atoms with Gasteiger partial charge in [-0.05, 0) is 0 Å². The van der Waals surface area contributed by atoms with Crippen LogP contribution in [0.2, 0.25) is 0 Å². The van der Waals surface area contributed by atoms with Crippen LogP contribution < -0.4 is 15.9 Å². The Bertz CT molecular complexity index is 1540. The van der Waals surface area contributed by atoms with E-state index in [-0.39, 0.29) is 11.7 Å². The van der Waals surface area contributed by atoms with Crippen molar-refractivity contribution in [1.29, 1.82) is 0 Å². The summed E-state index contributed by atoms with van der Waals surface area (Å²) in [6.07, 6.45) is -0.292. The summed E-state index contributed by atoms with van der Waals surface area (Å²) in [5.41, 5.74) is 1.09. The summed E-state index contributed by atoms with van der Waals surface area (Å²) in [5, 5.41) is 25.1. The summed E-state index contributed by atoms with van der Waals surface area (Å²) in [7, 11) is -5.32. The zero-order valence-corrected chi connectivity index (χ0v) is 23.8. The minimum atomic E-state index is -5.32. The fraction of sp³-hybridized carbons (Fsp3) is 0.143. The molecule has 2 N–H and O–H groups in total. The van der Waals surface area contributed by atoms with Crippen molar-refractivity contribution < 1.29 is 28.5 Å². The van der Waals surface area contributed by atoms with Crippen molar-refractivity contribution in [2.45, 2.75) is 26.9 Å². The molecule has 208 valence electrons. The molecule has 4 aromatic rings. The molecule has 40 heavy (non-hydrogen) atoms. The Morgan fingerprint density at radius 3 is 1.35 bits per heavy atom. The second kappa shape index (κ2) is 10.7. The number of nitro groups is 2. The predicted octanol–water partition coefficient (Wildman–Crippen LogP) is 5.48. The van der Waals surface area contributed by atoms with E-state index in [1.54, 1.807) is 93.6 Å². The minimum absolute atomic E-state index is 0.127. The summed E-state index contributed by atoms with van der Waals surface area (Å²) in [4.78, 5) is 43.4. The number of nitro benzene ring substituents is 2. The zero-order chi connectivity index (χ0) is 29.3. The quantitative estimate of drug-likeness (QED) is 0.149.